The maximum absolute atomic E-state index is 12.7. The van der Waals surface area contributed by atoms with Gasteiger partial charge < -0.3 is 39.4 Å². The molecule has 6 unspecified atom stereocenters. The fraction of sp³-hybridized carbons (Fsp3) is 0.745. The Balaban J connectivity index is 2.36. The summed E-state index contributed by atoms with van der Waals surface area (Å²) in [5, 5.41) is 40.0. The van der Waals surface area contributed by atoms with Crippen molar-refractivity contribution in [3.05, 3.63) is 60.8 Å². The van der Waals surface area contributed by atoms with E-state index in [1.165, 1.54) is 64.2 Å². The van der Waals surface area contributed by atoms with E-state index >= 15 is 0 Å². The Morgan fingerprint density at radius 2 is 1.04 bits per heavy atom. The predicted octanol–water partition coefficient (Wildman–Crippen LogP) is 9.44. The summed E-state index contributed by atoms with van der Waals surface area (Å²) < 4.78 is 22.1. The third-order valence-corrected chi connectivity index (χ3v) is 9.89. The highest BCUT2D eigenvalue weighted by atomic mass is 16.7. The molecule has 0 amide bonds. The Kier molecular flexibility index (Phi) is 34.6. The standard InChI is InChI=1S/C47H80O10/c1-3-5-7-9-11-13-15-17-19-20-22-23-25-27-29-31-33-35-42(49)54-38-40(39-55-47-46(53)45(52)44(51)41(37-48)57-47)56-43(50)36-34-32-30-28-26-24-21-18-16-14-12-10-8-6-4-2/h6,8,12,14,17-19,21,26,28,40-41,44-48,51-53H,3-5,7,9-11,13,15-16,20,22-25,27,29-39H2,1-2H3/b8-6-,14-12-,19-17-,21-18-,28-26-. The lowest BCUT2D eigenvalue weighted by Gasteiger charge is -2.39. The van der Waals surface area contributed by atoms with Crippen molar-refractivity contribution < 1.29 is 49.0 Å². The number of unbranched alkanes of at least 4 members (excludes halogenated alkanes) is 15. The van der Waals surface area contributed by atoms with E-state index in [1.54, 1.807) is 0 Å². The Morgan fingerprint density at radius 1 is 0.561 bits per heavy atom. The van der Waals surface area contributed by atoms with Gasteiger partial charge in [0.15, 0.2) is 12.4 Å². The number of carbonyl (C=O) groups is 2. The van der Waals surface area contributed by atoms with Crippen LogP contribution in [0.15, 0.2) is 60.8 Å². The number of carbonyl (C=O) groups excluding carboxylic acids is 2. The van der Waals surface area contributed by atoms with Crippen LogP contribution in [0.2, 0.25) is 0 Å². The molecule has 1 fully saturated rings. The zero-order chi connectivity index (χ0) is 41.6. The topological polar surface area (TPSA) is 152 Å². The van der Waals surface area contributed by atoms with Gasteiger partial charge >= 0.3 is 11.9 Å². The fourth-order valence-electron chi connectivity index (χ4n) is 6.35. The van der Waals surface area contributed by atoms with Crippen molar-refractivity contribution >= 4 is 11.9 Å². The first-order valence-corrected chi connectivity index (χ1v) is 22.4. The van der Waals surface area contributed by atoms with Gasteiger partial charge in [0.2, 0.25) is 0 Å². The molecule has 0 aromatic heterocycles. The largest absolute Gasteiger partial charge is 0.462 e. The molecule has 1 rings (SSSR count). The highest BCUT2D eigenvalue weighted by Crippen LogP contribution is 2.22. The summed E-state index contributed by atoms with van der Waals surface area (Å²) in [6.45, 7) is 3.25. The summed E-state index contributed by atoms with van der Waals surface area (Å²) in [6, 6.07) is 0. The lowest BCUT2D eigenvalue weighted by atomic mass is 9.99. The number of aliphatic hydroxyl groups is 4. The molecule has 0 bridgehead atoms. The second-order valence-electron chi connectivity index (χ2n) is 15.1. The second kappa shape index (κ2) is 37.7. The summed E-state index contributed by atoms with van der Waals surface area (Å²) in [6.07, 6.45) is 38.0. The Morgan fingerprint density at radius 3 is 1.61 bits per heavy atom. The molecule has 0 radical (unpaired) electrons. The molecule has 1 aliphatic rings. The number of esters is 2. The highest BCUT2D eigenvalue weighted by molar-refractivity contribution is 5.70. The molecular formula is C47H80O10. The van der Waals surface area contributed by atoms with E-state index in [-0.39, 0.29) is 26.1 Å². The molecule has 6 atom stereocenters. The Bertz CT molecular complexity index is 1110. The first-order chi connectivity index (χ1) is 27.8. The molecule has 1 heterocycles. The van der Waals surface area contributed by atoms with Crippen molar-refractivity contribution in [3.63, 3.8) is 0 Å². The van der Waals surface area contributed by atoms with Crippen molar-refractivity contribution in [1.82, 2.24) is 0 Å². The number of aliphatic hydroxyl groups excluding tert-OH is 4. The summed E-state index contributed by atoms with van der Waals surface area (Å²) >= 11 is 0. The third-order valence-electron chi connectivity index (χ3n) is 9.89. The average molecular weight is 805 g/mol. The van der Waals surface area contributed by atoms with Crippen LogP contribution in [0.5, 0.6) is 0 Å². The molecule has 0 spiro atoms. The number of hydrogen-bond acceptors (Lipinski definition) is 10. The van der Waals surface area contributed by atoms with Gasteiger partial charge in [0.25, 0.3) is 0 Å². The molecule has 328 valence electrons. The molecule has 1 saturated heterocycles. The van der Waals surface area contributed by atoms with Crippen molar-refractivity contribution in [2.45, 2.75) is 205 Å². The van der Waals surface area contributed by atoms with Gasteiger partial charge in [-0.15, -0.1) is 0 Å². The zero-order valence-corrected chi connectivity index (χ0v) is 35.6. The maximum Gasteiger partial charge on any atom is 0.306 e. The highest BCUT2D eigenvalue weighted by Gasteiger charge is 2.44. The van der Waals surface area contributed by atoms with E-state index in [0.29, 0.717) is 12.8 Å². The quantitative estimate of drug-likeness (QED) is 0.0274. The molecular weight excluding hydrogens is 725 g/mol. The minimum absolute atomic E-state index is 0.175. The van der Waals surface area contributed by atoms with Gasteiger partial charge in [-0.25, -0.2) is 0 Å². The number of hydrogen-bond donors (Lipinski definition) is 4. The van der Waals surface area contributed by atoms with Crippen LogP contribution in [0.3, 0.4) is 0 Å². The molecule has 4 N–H and O–H groups in total. The van der Waals surface area contributed by atoms with Gasteiger partial charge in [-0.2, -0.15) is 0 Å². The molecule has 0 aliphatic carbocycles. The van der Waals surface area contributed by atoms with Gasteiger partial charge in [-0.3, -0.25) is 9.59 Å². The maximum atomic E-state index is 12.7. The van der Waals surface area contributed by atoms with Crippen LogP contribution in [-0.4, -0.2) is 89.0 Å². The van der Waals surface area contributed by atoms with Crippen LogP contribution in [-0.2, 0) is 28.5 Å². The normalized spacial score (nSPS) is 20.8. The minimum atomic E-state index is -1.60. The van der Waals surface area contributed by atoms with E-state index in [4.69, 9.17) is 18.9 Å². The van der Waals surface area contributed by atoms with Crippen LogP contribution in [0.1, 0.15) is 168 Å². The Hall–Kier alpha value is -2.60. The van der Waals surface area contributed by atoms with Crippen molar-refractivity contribution in [2.75, 3.05) is 19.8 Å². The average Bonchev–Trinajstić information content (AvgIpc) is 3.21. The fourth-order valence-corrected chi connectivity index (χ4v) is 6.35. The van der Waals surface area contributed by atoms with E-state index in [9.17, 15) is 30.0 Å². The van der Waals surface area contributed by atoms with E-state index in [0.717, 1.165) is 64.2 Å². The van der Waals surface area contributed by atoms with Crippen molar-refractivity contribution in [3.8, 4) is 0 Å². The van der Waals surface area contributed by atoms with Gasteiger partial charge in [-0.1, -0.05) is 139 Å². The smallest absolute Gasteiger partial charge is 0.306 e. The van der Waals surface area contributed by atoms with Crippen LogP contribution in [0.4, 0.5) is 0 Å². The predicted molar refractivity (Wildman–Crippen MR) is 228 cm³/mol. The molecule has 0 saturated carbocycles. The third kappa shape index (κ3) is 29.3. The number of allylic oxidation sites excluding steroid dienone is 10. The minimum Gasteiger partial charge on any atom is -0.462 e. The summed E-state index contributed by atoms with van der Waals surface area (Å²) in [4.78, 5) is 25.3. The van der Waals surface area contributed by atoms with E-state index < -0.39 is 55.4 Å². The lowest BCUT2D eigenvalue weighted by molar-refractivity contribution is -0.305. The second-order valence-corrected chi connectivity index (χ2v) is 15.1. The molecule has 57 heavy (non-hydrogen) atoms. The molecule has 0 aromatic rings. The van der Waals surface area contributed by atoms with Crippen molar-refractivity contribution in [1.29, 1.82) is 0 Å². The van der Waals surface area contributed by atoms with Gasteiger partial charge in [0, 0.05) is 12.8 Å². The molecule has 10 nitrogen and oxygen atoms in total. The van der Waals surface area contributed by atoms with Crippen LogP contribution < -0.4 is 0 Å². The van der Waals surface area contributed by atoms with Crippen molar-refractivity contribution in [2.24, 2.45) is 0 Å². The summed E-state index contributed by atoms with van der Waals surface area (Å²) in [7, 11) is 0. The van der Waals surface area contributed by atoms with Crippen LogP contribution in [0, 0.1) is 0 Å². The lowest BCUT2D eigenvalue weighted by Crippen LogP contribution is -2.59. The van der Waals surface area contributed by atoms with Gasteiger partial charge in [-0.05, 0) is 77.0 Å². The SMILES string of the molecule is CC/C=C\C/C=C\C/C=C\C/C=C\CCCCC(=O)OC(COC(=O)CCCCCCCCC/C=C\CCCCCCCC)COC1OC(CO)C(O)C(O)C1O. The monoisotopic (exact) mass is 805 g/mol. The zero-order valence-electron chi connectivity index (χ0n) is 35.6. The Labute approximate surface area is 345 Å². The van der Waals surface area contributed by atoms with E-state index in [1.807, 2.05) is 0 Å². The molecule has 0 aromatic carbocycles. The first-order valence-electron chi connectivity index (χ1n) is 22.4. The van der Waals surface area contributed by atoms with Crippen LogP contribution in [0.25, 0.3) is 0 Å². The summed E-state index contributed by atoms with van der Waals surface area (Å²) in [5.74, 6) is -0.864. The van der Waals surface area contributed by atoms with Gasteiger partial charge in [0.05, 0.1) is 13.2 Å². The van der Waals surface area contributed by atoms with Gasteiger partial charge in [0.1, 0.15) is 31.0 Å². The molecule has 1 aliphatic heterocycles. The number of ether oxygens (including phenoxy) is 4. The first kappa shape index (κ1) is 52.4. The summed E-state index contributed by atoms with van der Waals surface area (Å²) in [5.41, 5.74) is 0. The number of rotatable bonds is 36. The van der Waals surface area contributed by atoms with Crippen LogP contribution >= 0.6 is 0 Å². The van der Waals surface area contributed by atoms with E-state index in [2.05, 4.69) is 74.6 Å². The molecule has 10 heteroatoms.